The summed E-state index contributed by atoms with van der Waals surface area (Å²) in [5.74, 6) is 2.05. The predicted molar refractivity (Wildman–Crippen MR) is 149 cm³/mol. The SMILES string of the molecule is CCCCOc1ccc2c(=O)c3cc(Br)c(OCCCC)c(OCCCC)c3oc2c1OCCCC. The van der Waals surface area contributed by atoms with E-state index >= 15 is 0 Å². The minimum absolute atomic E-state index is 0.146. The third kappa shape index (κ3) is 6.67. The molecule has 0 saturated heterocycles. The number of fused-ring (bicyclic) bond motifs is 2. The van der Waals surface area contributed by atoms with Crippen LogP contribution in [0.3, 0.4) is 0 Å². The van der Waals surface area contributed by atoms with Crippen LogP contribution in [0.4, 0.5) is 0 Å². The van der Waals surface area contributed by atoms with Gasteiger partial charge in [0.15, 0.2) is 22.7 Å². The van der Waals surface area contributed by atoms with Gasteiger partial charge < -0.3 is 23.4 Å². The topological polar surface area (TPSA) is 67.1 Å². The van der Waals surface area contributed by atoms with Crippen molar-refractivity contribution in [2.45, 2.75) is 79.1 Å². The van der Waals surface area contributed by atoms with Crippen LogP contribution in [0.25, 0.3) is 21.9 Å². The van der Waals surface area contributed by atoms with E-state index in [2.05, 4.69) is 43.6 Å². The average molecular weight is 564 g/mol. The van der Waals surface area contributed by atoms with Gasteiger partial charge in [-0.05, 0) is 59.8 Å². The van der Waals surface area contributed by atoms with E-state index < -0.39 is 0 Å². The lowest BCUT2D eigenvalue weighted by Crippen LogP contribution is -2.09. The maximum absolute atomic E-state index is 13.7. The molecule has 7 heteroatoms. The molecular formula is C29H39BrO6. The second-order valence-corrected chi connectivity index (χ2v) is 9.76. The predicted octanol–water partition coefficient (Wildman–Crippen LogP) is 8.42. The van der Waals surface area contributed by atoms with E-state index in [-0.39, 0.29) is 5.43 Å². The van der Waals surface area contributed by atoms with Crippen LogP contribution < -0.4 is 24.4 Å². The highest BCUT2D eigenvalue weighted by Gasteiger charge is 2.23. The third-order valence-corrected chi connectivity index (χ3v) is 6.49. The Morgan fingerprint density at radius 1 is 0.667 bits per heavy atom. The van der Waals surface area contributed by atoms with Crippen molar-refractivity contribution in [2.24, 2.45) is 0 Å². The second kappa shape index (κ2) is 14.4. The van der Waals surface area contributed by atoms with Crippen LogP contribution in [0.1, 0.15) is 79.1 Å². The van der Waals surface area contributed by atoms with Crippen LogP contribution in [-0.2, 0) is 0 Å². The molecule has 0 unspecified atom stereocenters. The number of unbranched alkanes of at least 4 members (excludes halogenated alkanes) is 4. The molecule has 0 bridgehead atoms. The number of hydrogen-bond donors (Lipinski definition) is 0. The highest BCUT2D eigenvalue weighted by molar-refractivity contribution is 9.10. The van der Waals surface area contributed by atoms with Crippen molar-refractivity contribution in [1.82, 2.24) is 0 Å². The minimum atomic E-state index is -0.146. The van der Waals surface area contributed by atoms with Gasteiger partial charge in [0.05, 0.1) is 41.7 Å². The summed E-state index contributed by atoms with van der Waals surface area (Å²) in [7, 11) is 0. The lowest BCUT2D eigenvalue weighted by atomic mass is 10.1. The molecule has 3 rings (SSSR count). The molecule has 36 heavy (non-hydrogen) atoms. The highest BCUT2D eigenvalue weighted by Crippen LogP contribution is 2.44. The van der Waals surface area contributed by atoms with Crippen molar-refractivity contribution in [3.05, 3.63) is 32.9 Å². The van der Waals surface area contributed by atoms with E-state index in [9.17, 15) is 4.79 Å². The summed E-state index contributed by atoms with van der Waals surface area (Å²) in [5, 5.41) is 0.880. The van der Waals surface area contributed by atoms with Crippen molar-refractivity contribution >= 4 is 37.9 Å². The Bertz CT molecular complexity index is 1190. The molecule has 0 spiro atoms. The summed E-state index contributed by atoms with van der Waals surface area (Å²) < 4.78 is 31.6. The fraction of sp³-hybridized carbons (Fsp3) is 0.552. The first kappa shape index (κ1) is 28.2. The number of halogens is 1. The molecule has 0 saturated carbocycles. The monoisotopic (exact) mass is 562 g/mol. The zero-order valence-electron chi connectivity index (χ0n) is 22.0. The quantitative estimate of drug-likeness (QED) is 0.129. The van der Waals surface area contributed by atoms with Gasteiger partial charge in [-0.3, -0.25) is 4.79 Å². The zero-order chi connectivity index (χ0) is 25.9. The normalized spacial score (nSPS) is 11.2. The van der Waals surface area contributed by atoms with Gasteiger partial charge in [0.25, 0.3) is 0 Å². The van der Waals surface area contributed by atoms with Gasteiger partial charge in [0.1, 0.15) is 0 Å². The van der Waals surface area contributed by atoms with Crippen LogP contribution in [0.2, 0.25) is 0 Å². The summed E-state index contributed by atoms with van der Waals surface area (Å²) in [4.78, 5) is 13.7. The zero-order valence-corrected chi connectivity index (χ0v) is 23.6. The van der Waals surface area contributed by atoms with Crippen LogP contribution in [0.15, 0.2) is 31.9 Å². The van der Waals surface area contributed by atoms with Crippen molar-refractivity contribution in [2.75, 3.05) is 26.4 Å². The van der Waals surface area contributed by atoms with E-state index in [1.54, 1.807) is 18.2 Å². The number of hydrogen-bond acceptors (Lipinski definition) is 6. The molecule has 0 fully saturated rings. The Balaban J connectivity index is 2.24. The van der Waals surface area contributed by atoms with Crippen LogP contribution in [0.5, 0.6) is 23.0 Å². The fourth-order valence-electron chi connectivity index (χ4n) is 3.73. The maximum Gasteiger partial charge on any atom is 0.206 e. The highest BCUT2D eigenvalue weighted by atomic mass is 79.9. The molecule has 0 aliphatic rings. The first-order valence-electron chi connectivity index (χ1n) is 13.3. The van der Waals surface area contributed by atoms with E-state index in [1.807, 2.05) is 0 Å². The first-order chi connectivity index (χ1) is 17.6. The molecule has 0 atom stereocenters. The van der Waals surface area contributed by atoms with Gasteiger partial charge in [-0.2, -0.15) is 0 Å². The summed E-state index contributed by atoms with van der Waals surface area (Å²) in [6, 6.07) is 5.32. The molecule has 0 aliphatic carbocycles. The number of ether oxygens (including phenoxy) is 4. The van der Waals surface area contributed by atoms with E-state index in [4.69, 9.17) is 23.4 Å². The Morgan fingerprint density at radius 3 is 1.75 bits per heavy atom. The van der Waals surface area contributed by atoms with Gasteiger partial charge in [0.2, 0.25) is 16.9 Å². The smallest absolute Gasteiger partial charge is 0.206 e. The molecule has 0 radical (unpaired) electrons. The number of benzene rings is 2. The van der Waals surface area contributed by atoms with Crippen molar-refractivity contribution < 1.29 is 23.4 Å². The first-order valence-corrected chi connectivity index (χ1v) is 14.1. The molecule has 1 aromatic heterocycles. The van der Waals surface area contributed by atoms with E-state index in [1.165, 1.54) is 0 Å². The van der Waals surface area contributed by atoms with Crippen molar-refractivity contribution in [3.8, 4) is 23.0 Å². The molecule has 0 amide bonds. The Labute approximate surface area is 222 Å². The fourth-order valence-corrected chi connectivity index (χ4v) is 4.26. The van der Waals surface area contributed by atoms with Gasteiger partial charge in [0, 0.05) is 0 Å². The Kier molecular flexibility index (Phi) is 11.2. The van der Waals surface area contributed by atoms with Gasteiger partial charge in [-0.25, -0.2) is 0 Å². The van der Waals surface area contributed by atoms with E-state index in [0.29, 0.717) is 75.8 Å². The third-order valence-electron chi connectivity index (χ3n) is 5.90. The molecular weight excluding hydrogens is 524 g/mol. The average Bonchev–Trinajstić information content (AvgIpc) is 2.87. The molecule has 0 N–H and O–H groups in total. The molecule has 0 aliphatic heterocycles. The Morgan fingerprint density at radius 2 is 1.17 bits per heavy atom. The summed E-state index contributed by atoms with van der Waals surface area (Å²) in [6.45, 7) is 10.6. The molecule has 2 aromatic carbocycles. The standard InChI is InChI=1S/C29H39BrO6/c1-5-9-15-32-23-14-13-20-24(31)21-19-22(30)27(33-16-10-6-2)29(35-18-12-8-4)26(21)36-25(20)28(23)34-17-11-7-3/h13-14,19H,5-12,15-18H2,1-4H3. The summed E-state index contributed by atoms with van der Waals surface area (Å²) >= 11 is 3.60. The van der Waals surface area contributed by atoms with Crippen LogP contribution >= 0.6 is 15.9 Å². The molecule has 198 valence electrons. The van der Waals surface area contributed by atoms with Gasteiger partial charge >= 0.3 is 0 Å². The Hall–Kier alpha value is -2.41. The molecule has 6 nitrogen and oxygen atoms in total. The summed E-state index contributed by atoms with van der Waals surface area (Å²) in [5.41, 5.74) is 0.594. The summed E-state index contributed by atoms with van der Waals surface area (Å²) in [6.07, 6.45) is 7.61. The number of rotatable bonds is 16. The lowest BCUT2D eigenvalue weighted by molar-refractivity contribution is 0.258. The largest absolute Gasteiger partial charge is 0.490 e. The minimum Gasteiger partial charge on any atom is -0.490 e. The van der Waals surface area contributed by atoms with Crippen LogP contribution in [-0.4, -0.2) is 26.4 Å². The molecule has 1 heterocycles. The maximum atomic E-state index is 13.7. The lowest BCUT2D eigenvalue weighted by Gasteiger charge is -2.18. The second-order valence-electron chi connectivity index (χ2n) is 8.90. The molecule has 3 aromatic rings. The van der Waals surface area contributed by atoms with Crippen molar-refractivity contribution in [1.29, 1.82) is 0 Å². The van der Waals surface area contributed by atoms with Crippen LogP contribution in [0, 0.1) is 0 Å². The van der Waals surface area contributed by atoms with E-state index in [0.717, 1.165) is 51.4 Å². The van der Waals surface area contributed by atoms with Gasteiger partial charge in [-0.15, -0.1) is 0 Å². The van der Waals surface area contributed by atoms with Gasteiger partial charge in [-0.1, -0.05) is 53.4 Å². The van der Waals surface area contributed by atoms with Crippen molar-refractivity contribution in [3.63, 3.8) is 0 Å².